The Labute approximate surface area is 123 Å². The Morgan fingerprint density at radius 3 is 2.14 bits per heavy atom. The number of nitrogens with one attached hydrogen (secondary N) is 2. The highest BCUT2D eigenvalue weighted by molar-refractivity contribution is 7.92. The van der Waals surface area contributed by atoms with Gasteiger partial charge >= 0.3 is 0 Å². The van der Waals surface area contributed by atoms with Crippen LogP contribution in [0.2, 0.25) is 0 Å². The lowest BCUT2D eigenvalue weighted by Gasteiger charge is -2.11. The van der Waals surface area contributed by atoms with E-state index >= 15 is 0 Å². The first-order valence-corrected chi connectivity index (χ1v) is 7.98. The summed E-state index contributed by atoms with van der Waals surface area (Å²) in [7, 11) is -3.42. The van der Waals surface area contributed by atoms with E-state index in [-0.39, 0.29) is 5.91 Å². The predicted octanol–water partition coefficient (Wildman–Crippen LogP) is 1.89. The van der Waals surface area contributed by atoms with Gasteiger partial charge in [-0.05, 0) is 36.4 Å². The highest BCUT2D eigenvalue weighted by atomic mass is 32.2. The normalized spacial score (nSPS) is 10.9. The molecular weight excluding hydrogens is 290 g/mol. The molecule has 0 heterocycles. The van der Waals surface area contributed by atoms with Crippen molar-refractivity contribution < 1.29 is 13.2 Å². The number of nitrogen functional groups attached to an aromatic ring is 1. The molecule has 0 bridgehead atoms. The smallest absolute Gasteiger partial charge is 0.255 e. The summed E-state index contributed by atoms with van der Waals surface area (Å²) in [6.45, 7) is 0. The molecule has 0 fully saturated rings. The van der Waals surface area contributed by atoms with Crippen LogP contribution in [0, 0.1) is 0 Å². The third-order valence-electron chi connectivity index (χ3n) is 2.64. The lowest BCUT2D eigenvalue weighted by molar-refractivity contribution is 0.102. The minimum atomic E-state index is -3.42. The first-order chi connectivity index (χ1) is 9.85. The average Bonchev–Trinajstić information content (AvgIpc) is 2.40. The summed E-state index contributed by atoms with van der Waals surface area (Å²) in [4.78, 5) is 12.1. The van der Waals surface area contributed by atoms with Crippen molar-refractivity contribution in [2.45, 2.75) is 0 Å². The Balaban J connectivity index is 2.23. The van der Waals surface area contributed by atoms with Crippen LogP contribution in [0.15, 0.2) is 48.5 Å². The summed E-state index contributed by atoms with van der Waals surface area (Å²) in [5.41, 5.74) is 7.24. The standard InChI is InChI=1S/C14H15N3O3S/c1-21(19,20)17-13-5-3-2-4-12(13)16-14(18)10-6-8-11(15)9-7-10/h2-9,17H,15H2,1H3,(H,16,18). The molecule has 1 amide bonds. The van der Waals surface area contributed by atoms with Crippen LogP contribution in [-0.4, -0.2) is 20.6 Å². The van der Waals surface area contributed by atoms with Gasteiger partial charge in [-0.25, -0.2) is 8.42 Å². The van der Waals surface area contributed by atoms with E-state index in [2.05, 4.69) is 10.0 Å². The fourth-order valence-electron chi connectivity index (χ4n) is 1.71. The van der Waals surface area contributed by atoms with Crippen LogP contribution in [0.25, 0.3) is 0 Å². The zero-order valence-electron chi connectivity index (χ0n) is 11.3. The van der Waals surface area contributed by atoms with Gasteiger partial charge in [-0.2, -0.15) is 0 Å². The first-order valence-electron chi connectivity index (χ1n) is 6.09. The van der Waals surface area contributed by atoms with Crippen molar-refractivity contribution in [3.8, 4) is 0 Å². The van der Waals surface area contributed by atoms with Crippen molar-refractivity contribution in [1.82, 2.24) is 0 Å². The van der Waals surface area contributed by atoms with Gasteiger partial charge in [0, 0.05) is 11.3 Å². The fraction of sp³-hybridized carbons (Fsp3) is 0.0714. The molecule has 0 spiro atoms. The van der Waals surface area contributed by atoms with Gasteiger partial charge in [0.25, 0.3) is 5.91 Å². The number of hydrogen-bond acceptors (Lipinski definition) is 4. The van der Waals surface area contributed by atoms with Crippen LogP contribution >= 0.6 is 0 Å². The van der Waals surface area contributed by atoms with Crippen LogP contribution in [0.1, 0.15) is 10.4 Å². The van der Waals surface area contributed by atoms with Gasteiger partial charge in [-0.3, -0.25) is 9.52 Å². The van der Waals surface area contributed by atoms with Gasteiger partial charge in [0.1, 0.15) is 0 Å². The molecule has 21 heavy (non-hydrogen) atoms. The minimum absolute atomic E-state index is 0.309. The summed E-state index contributed by atoms with van der Waals surface area (Å²) in [6.07, 6.45) is 1.05. The molecule has 0 saturated heterocycles. The largest absolute Gasteiger partial charge is 0.399 e. The number of carbonyl (C=O) groups is 1. The lowest BCUT2D eigenvalue weighted by Crippen LogP contribution is -2.16. The summed E-state index contributed by atoms with van der Waals surface area (Å²) < 4.78 is 25.0. The first kappa shape index (κ1) is 14.9. The van der Waals surface area contributed by atoms with E-state index in [1.165, 1.54) is 0 Å². The summed E-state index contributed by atoms with van der Waals surface area (Å²) >= 11 is 0. The van der Waals surface area contributed by atoms with E-state index < -0.39 is 10.0 Å². The Kier molecular flexibility index (Phi) is 4.13. The van der Waals surface area contributed by atoms with Crippen LogP contribution in [0.5, 0.6) is 0 Å². The molecule has 0 unspecified atom stereocenters. The number of rotatable bonds is 4. The van der Waals surface area contributed by atoms with Gasteiger partial charge in [0.05, 0.1) is 17.6 Å². The maximum absolute atomic E-state index is 12.1. The molecule has 2 aromatic rings. The summed E-state index contributed by atoms with van der Waals surface area (Å²) in [5, 5.41) is 2.66. The van der Waals surface area contributed by atoms with Crippen molar-refractivity contribution in [3.05, 3.63) is 54.1 Å². The quantitative estimate of drug-likeness (QED) is 0.751. The molecule has 0 saturated carbocycles. The van der Waals surface area contributed by atoms with Crippen molar-refractivity contribution in [2.24, 2.45) is 0 Å². The number of benzene rings is 2. The summed E-state index contributed by atoms with van der Waals surface area (Å²) in [6, 6.07) is 13.0. The second-order valence-corrected chi connectivity index (χ2v) is 6.24. The van der Waals surface area contributed by atoms with Crippen LogP contribution in [0.4, 0.5) is 17.1 Å². The molecule has 4 N–H and O–H groups in total. The second kappa shape index (κ2) is 5.84. The molecule has 0 aliphatic carbocycles. The van der Waals surface area contributed by atoms with Gasteiger partial charge in [0.2, 0.25) is 10.0 Å². The number of para-hydroxylation sites is 2. The Morgan fingerprint density at radius 2 is 1.57 bits per heavy atom. The van der Waals surface area contributed by atoms with Crippen molar-refractivity contribution in [1.29, 1.82) is 0 Å². The maximum atomic E-state index is 12.1. The third kappa shape index (κ3) is 4.22. The number of nitrogens with two attached hydrogens (primary N) is 1. The number of anilines is 3. The molecule has 0 atom stereocenters. The van der Waals surface area contributed by atoms with E-state index in [0.29, 0.717) is 22.6 Å². The molecule has 7 heteroatoms. The molecular formula is C14H15N3O3S. The lowest BCUT2D eigenvalue weighted by atomic mass is 10.2. The Morgan fingerprint density at radius 1 is 1.00 bits per heavy atom. The van der Waals surface area contributed by atoms with Crippen molar-refractivity contribution in [3.63, 3.8) is 0 Å². The topological polar surface area (TPSA) is 101 Å². The van der Waals surface area contributed by atoms with E-state index in [0.717, 1.165) is 6.26 Å². The van der Waals surface area contributed by atoms with Crippen LogP contribution in [0.3, 0.4) is 0 Å². The van der Waals surface area contributed by atoms with Crippen LogP contribution in [-0.2, 0) is 10.0 Å². The van der Waals surface area contributed by atoms with Crippen LogP contribution < -0.4 is 15.8 Å². The Bertz CT molecular complexity index is 755. The Hall–Kier alpha value is -2.54. The van der Waals surface area contributed by atoms with E-state index in [1.54, 1.807) is 48.5 Å². The molecule has 2 aromatic carbocycles. The third-order valence-corrected chi connectivity index (χ3v) is 3.23. The molecule has 0 aliphatic heterocycles. The number of sulfonamides is 1. The predicted molar refractivity (Wildman–Crippen MR) is 83.7 cm³/mol. The molecule has 0 aliphatic rings. The van der Waals surface area contributed by atoms with Gasteiger partial charge in [0.15, 0.2) is 0 Å². The highest BCUT2D eigenvalue weighted by Gasteiger charge is 2.11. The zero-order chi connectivity index (χ0) is 15.5. The maximum Gasteiger partial charge on any atom is 0.255 e. The van der Waals surface area contributed by atoms with Gasteiger partial charge < -0.3 is 11.1 Å². The van der Waals surface area contributed by atoms with Gasteiger partial charge in [-0.1, -0.05) is 12.1 Å². The second-order valence-electron chi connectivity index (χ2n) is 4.50. The molecule has 0 radical (unpaired) electrons. The van der Waals surface area contributed by atoms with E-state index in [4.69, 9.17) is 5.73 Å². The minimum Gasteiger partial charge on any atom is -0.399 e. The highest BCUT2D eigenvalue weighted by Crippen LogP contribution is 2.22. The SMILES string of the molecule is CS(=O)(=O)Nc1ccccc1NC(=O)c1ccc(N)cc1. The molecule has 6 nitrogen and oxygen atoms in total. The van der Waals surface area contributed by atoms with Gasteiger partial charge in [-0.15, -0.1) is 0 Å². The number of hydrogen-bond donors (Lipinski definition) is 3. The molecule has 0 aromatic heterocycles. The number of amides is 1. The fourth-order valence-corrected chi connectivity index (χ4v) is 2.29. The summed E-state index contributed by atoms with van der Waals surface area (Å²) in [5.74, 6) is -0.349. The van der Waals surface area contributed by atoms with E-state index in [9.17, 15) is 13.2 Å². The molecule has 110 valence electrons. The van der Waals surface area contributed by atoms with Crippen molar-refractivity contribution in [2.75, 3.05) is 22.0 Å². The van der Waals surface area contributed by atoms with E-state index in [1.807, 2.05) is 0 Å². The zero-order valence-corrected chi connectivity index (χ0v) is 12.1. The van der Waals surface area contributed by atoms with Crippen molar-refractivity contribution >= 4 is 33.0 Å². The monoisotopic (exact) mass is 305 g/mol. The average molecular weight is 305 g/mol. The number of carbonyl (C=O) groups excluding carboxylic acids is 1. The molecule has 2 rings (SSSR count).